The minimum atomic E-state index is -3.91. The van der Waals surface area contributed by atoms with Gasteiger partial charge >= 0.3 is 0 Å². The Balaban J connectivity index is 1.69. The van der Waals surface area contributed by atoms with Crippen LogP contribution in [-0.4, -0.2) is 26.8 Å². The van der Waals surface area contributed by atoms with E-state index in [1.54, 1.807) is 18.2 Å². The molecule has 1 unspecified atom stereocenters. The van der Waals surface area contributed by atoms with Crippen molar-refractivity contribution in [2.45, 2.75) is 30.7 Å². The molecule has 0 fully saturated rings. The normalized spacial score (nSPS) is 14.8. The summed E-state index contributed by atoms with van der Waals surface area (Å²) in [6.07, 6.45) is 5.32. The summed E-state index contributed by atoms with van der Waals surface area (Å²) in [5.74, 6) is 2.98. The summed E-state index contributed by atoms with van der Waals surface area (Å²) in [7, 11) is -3.91. The molecule has 1 aliphatic rings. The molecule has 3 aromatic carbocycles. The van der Waals surface area contributed by atoms with Gasteiger partial charge in [-0.05, 0) is 53.4 Å². The van der Waals surface area contributed by atoms with E-state index in [4.69, 9.17) is 21.3 Å². The molecule has 0 aliphatic carbocycles. The van der Waals surface area contributed by atoms with Crippen molar-refractivity contribution in [3.05, 3.63) is 83.4 Å². The number of hydrogen-bond acceptors (Lipinski definition) is 6. The number of terminal acetylenes is 1. The topological polar surface area (TPSA) is 123 Å². The number of benzene rings is 3. The molecular formula is C27H26N4O4S. The molecule has 8 nitrogen and oxygen atoms in total. The molecule has 0 saturated heterocycles. The van der Waals surface area contributed by atoms with E-state index in [0.717, 1.165) is 11.1 Å². The van der Waals surface area contributed by atoms with Crippen molar-refractivity contribution in [3.63, 3.8) is 0 Å². The number of ether oxygens (including phenoxy) is 1. The highest BCUT2D eigenvalue weighted by Gasteiger charge is 2.27. The Bertz CT molecular complexity index is 1470. The number of fused-ring (bicyclic) bond motifs is 1. The lowest BCUT2D eigenvalue weighted by atomic mass is 9.93. The molecular weight excluding hydrogens is 476 g/mol. The number of hydrogen-bond donors (Lipinski definition) is 3. The van der Waals surface area contributed by atoms with Gasteiger partial charge in [-0.2, -0.15) is 0 Å². The van der Waals surface area contributed by atoms with Gasteiger partial charge in [-0.15, -0.1) is 6.42 Å². The predicted molar refractivity (Wildman–Crippen MR) is 141 cm³/mol. The molecule has 3 aromatic rings. The van der Waals surface area contributed by atoms with Crippen LogP contribution >= 0.6 is 0 Å². The van der Waals surface area contributed by atoms with Crippen LogP contribution in [0.4, 0.5) is 11.4 Å². The lowest BCUT2D eigenvalue weighted by Gasteiger charge is -2.26. The number of nitrogens with one attached hydrogen (secondary N) is 2. The van der Waals surface area contributed by atoms with Gasteiger partial charge in [0.05, 0.1) is 4.90 Å². The van der Waals surface area contributed by atoms with E-state index in [1.807, 2.05) is 18.2 Å². The number of nitrogens with two attached hydrogens (primary N) is 1. The van der Waals surface area contributed by atoms with E-state index in [-0.39, 0.29) is 23.0 Å². The fraction of sp³-hybridized carbons (Fsp3) is 0.185. The zero-order valence-electron chi connectivity index (χ0n) is 19.9. The quantitative estimate of drug-likeness (QED) is 0.421. The Labute approximate surface area is 210 Å². The number of amidine groups is 1. The molecule has 0 aromatic heterocycles. The first-order valence-electron chi connectivity index (χ1n) is 11.2. The van der Waals surface area contributed by atoms with Gasteiger partial charge in [-0.3, -0.25) is 9.79 Å². The summed E-state index contributed by atoms with van der Waals surface area (Å²) in [5, 5.41) is 11.0. The van der Waals surface area contributed by atoms with Crippen molar-refractivity contribution < 1.29 is 17.9 Å². The molecule has 4 N–H and O–H groups in total. The van der Waals surface area contributed by atoms with Gasteiger partial charge in [-0.25, -0.2) is 13.6 Å². The minimum Gasteiger partial charge on any atom is -0.481 e. The third-order valence-electron chi connectivity index (χ3n) is 5.71. The van der Waals surface area contributed by atoms with Gasteiger partial charge in [0.15, 0.2) is 5.84 Å². The first kappa shape index (κ1) is 25.0. The smallest absolute Gasteiger partial charge is 0.291 e. The Morgan fingerprint density at radius 1 is 1.17 bits per heavy atom. The molecule has 9 heteroatoms. The van der Waals surface area contributed by atoms with E-state index in [0.29, 0.717) is 17.4 Å². The lowest BCUT2D eigenvalue weighted by Crippen LogP contribution is -2.33. The summed E-state index contributed by atoms with van der Waals surface area (Å²) in [6, 6.07) is 18.8. The molecule has 1 aliphatic heterocycles. The number of sulfonamides is 1. The van der Waals surface area contributed by atoms with Gasteiger partial charge in [0.2, 0.25) is 10.0 Å². The van der Waals surface area contributed by atoms with Crippen LogP contribution in [0.2, 0.25) is 0 Å². The fourth-order valence-corrected chi connectivity index (χ4v) is 4.39. The Morgan fingerprint density at radius 2 is 1.92 bits per heavy atom. The van der Waals surface area contributed by atoms with Gasteiger partial charge in [0, 0.05) is 16.9 Å². The number of primary sulfonamides is 1. The first-order chi connectivity index (χ1) is 17.2. The first-order valence-corrected chi connectivity index (χ1v) is 12.8. The van der Waals surface area contributed by atoms with E-state index >= 15 is 0 Å². The Hall–Kier alpha value is -4.13. The van der Waals surface area contributed by atoms with Crippen molar-refractivity contribution >= 4 is 33.1 Å². The summed E-state index contributed by atoms with van der Waals surface area (Å²) >= 11 is 0. The molecule has 1 amide bonds. The highest BCUT2D eigenvalue weighted by Crippen LogP contribution is 2.38. The average molecular weight is 503 g/mol. The third-order valence-corrected chi connectivity index (χ3v) is 6.62. The SMILES string of the molecule is C#CCOc1ccc2c(c1)C(c1ccc(C(C)C)cc1)N=C(C(=O)Nc1cccc(S(N)(=O)=O)c1)N2. The number of rotatable bonds is 7. The molecule has 4 rings (SSSR count). The average Bonchev–Trinajstić information content (AvgIpc) is 2.86. The lowest BCUT2D eigenvalue weighted by molar-refractivity contribution is -0.110. The second-order valence-corrected chi connectivity index (χ2v) is 10.2. The van der Waals surface area contributed by atoms with E-state index in [9.17, 15) is 13.2 Å². The maximum Gasteiger partial charge on any atom is 0.291 e. The zero-order chi connectivity index (χ0) is 25.9. The van der Waals surface area contributed by atoms with Gasteiger partial charge in [-0.1, -0.05) is 50.1 Å². The third kappa shape index (κ3) is 5.57. The summed E-state index contributed by atoms with van der Waals surface area (Å²) in [4.78, 5) is 17.7. The molecule has 36 heavy (non-hydrogen) atoms. The van der Waals surface area contributed by atoms with Crippen molar-refractivity contribution in [3.8, 4) is 18.1 Å². The standard InChI is InChI=1S/C27H26N4O4S/c1-4-14-35-21-12-13-24-23(16-21)25(19-10-8-18(9-11-19)17(2)3)31-26(30-24)27(32)29-20-6-5-7-22(15-20)36(28,33)34/h1,5-13,15-17,25H,14H2,2-3H3,(H,29,32)(H,30,31)(H2,28,33,34). The van der Waals surface area contributed by atoms with Gasteiger partial charge < -0.3 is 15.4 Å². The highest BCUT2D eigenvalue weighted by atomic mass is 32.2. The number of carbonyl (C=O) groups is 1. The second-order valence-electron chi connectivity index (χ2n) is 8.60. The van der Waals surface area contributed by atoms with Gasteiger partial charge in [0.25, 0.3) is 5.91 Å². The molecule has 184 valence electrons. The minimum absolute atomic E-state index is 0.0822. The Morgan fingerprint density at radius 3 is 2.58 bits per heavy atom. The van der Waals surface area contributed by atoms with E-state index in [1.165, 1.54) is 23.8 Å². The molecule has 1 heterocycles. The number of aliphatic imine (C=N–C) groups is 1. The molecule has 0 bridgehead atoms. The Kier molecular flexibility index (Phi) is 7.10. The predicted octanol–water partition coefficient (Wildman–Crippen LogP) is 4.02. The zero-order valence-corrected chi connectivity index (χ0v) is 20.7. The van der Waals surface area contributed by atoms with Crippen LogP contribution in [0.3, 0.4) is 0 Å². The van der Waals surface area contributed by atoms with Crippen molar-refractivity contribution in [2.24, 2.45) is 10.1 Å². The van der Waals surface area contributed by atoms with Crippen LogP contribution in [-0.2, 0) is 14.8 Å². The van der Waals surface area contributed by atoms with E-state index < -0.39 is 22.0 Å². The summed E-state index contributed by atoms with van der Waals surface area (Å²) in [5.41, 5.74) is 3.89. The van der Waals surface area contributed by atoms with Gasteiger partial charge in [0.1, 0.15) is 18.4 Å². The monoisotopic (exact) mass is 502 g/mol. The van der Waals surface area contributed by atoms with Crippen LogP contribution in [0, 0.1) is 12.3 Å². The van der Waals surface area contributed by atoms with Crippen molar-refractivity contribution in [1.29, 1.82) is 0 Å². The van der Waals surface area contributed by atoms with E-state index in [2.05, 4.69) is 42.5 Å². The number of carbonyl (C=O) groups excluding carboxylic acids is 1. The molecule has 0 spiro atoms. The molecule has 0 saturated carbocycles. The largest absolute Gasteiger partial charge is 0.481 e. The summed E-state index contributed by atoms with van der Waals surface area (Å²) < 4.78 is 29.0. The second kappa shape index (κ2) is 10.2. The van der Waals surface area contributed by atoms with Crippen LogP contribution < -0.4 is 20.5 Å². The maximum absolute atomic E-state index is 13.1. The van der Waals surface area contributed by atoms with Crippen molar-refractivity contribution in [2.75, 3.05) is 17.2 Å². The van der Waals surface area contributed by atoms with Crippen LogP contribution in [0.25, 0.3) is 0 Å². The van der Waals surface area contributed by atoms with Crippen LogP contribution in [0.1, 0.15) is 42.5 Å². The summed E-state index contributed by atoms with van der Waals surface area (Å²) in [6.45, 7) is 4.37. The molecule has 0 radical (unpaired) electrons. The van der Waals surface area contributed by atoms with Crippen molar-refractivity contribution in [1.82, 2.24) is 0 Å². The van der Waals surface area contributed by atoms with Crippen LogP contribution in [0.5, 0.6) is 5.75 Å². The molecule has 1 atom stereocenters. The number of anilines is 2. The number of amides is 1. The maximum atomic E-state index is 13.1. The fourth-order valence-electron chi connectivity index (χ4n) is 3.83. The highest BCUT2D eigenvalue weighted by molar-refractivity contribution is 7.89. The van der Waals surface area contributed by atoms with Crippen LogP contribution in [0.15, 0.2) is 76.6 Å². The number of nitrogens with zero attached hydrogens (tertiary/aromatic N) is 1.